The smallest absolute Gasteiger partial charge is 0.250 e. The zero-order valence-corrected chi connectivity index (χ0v) is 10.9. The molecule has 2 rings (SSSR count). The molecule has 0 aliphatic rings. The van der Waals surface area contributed by atoms with Crippen LogP contribution in [0, 0.1) is 0 Å². The van der Waals surface area contributed by atoms with Crippen LogP contribution in [0.4, 0.5) is 11.5 Å². The number of nitrogens with zero attached hydrogens (tertiary/aromatic N) is 1. The molecule has 104 valence electrons. The zero-order valence-electron chi connectivity index (χ0n) is 10.9. The molecule has 0 saturated carbocycles. The van der Waals surface area contributed by atoms with Gasteiger partial charge in [-0.25, -0.2) is 4.98 Å². The molecule has 2 aromatic rings. The van der Waals surface area contributed by atoms with Crippen molar-refractivity contribution in [3.8, 4) is 5.75 Å². The highest BCUT2D eigenvalue weighted by Crippen LogP contribution is 2.18. The fraction of sp³-hybridized carbons (Fsp3) is 0.143. The first kappa shape index (κ1) is 13.8. The normalized spacial score (nSPS) is 10.1. The minimum absolute atomic E-state index is 0.376. The number of amides is 1. The van der Waals surface area contributed by atoms with Crippen LogP contribution in [0.15, 0.2) is 42.6 Å². The highest BCUT2D eigenvalue weighted by atomic mass is 16.5. The molecule has 0 unspecified atom stereocenters. The maximum Gasteiger partial charge on any atom is 0.250 e. The molecule has 20 heavy (non-hydrogen) atoms. The maximum absolute atomic E-state index is 10.9. The molecule has 5 N–H and O–H groups in total. The number of nitrogens with two attached hydrogens (primary N) is 2. The molecule has 0 fully saturated rings. The van der Waals surface area contributed by atoms with Gasteiger partial charge in [0.15, 0.2) is 0 Å². The summed E-state index contributed by atoms with van der Waals surface area (Å²) in [4.78, 5) is 15.0. The van der Waals surface area contributed by atoms with E-state index in [1.807, 2.05) is 24.3 Å². The van der Waals surface area contributed by atoms with Crippen LogP contribution >= 0.6 is 0 Å². The summed E-state index contributed by atoms with van der Waals surface area (Å²) < 4.78 is 5.38. The third kappa shape index (κ3) is 3.69. The largest absolute Gasteiger partial charge is 0.492 e. The number of anilines is 2. The molecule has 6 heteroatoms. The molecule has 6 nitrogen and oxygen atoms in total. The number of carbonyl (C=O) groups excluding carboxylic acids is 1. The Hall–Kier alpha value is -2.60. The van der Waals surface area contributed by atoms with Crippen molar-refractivity contribution < 1.29 is 9.53 Å². The van der Waals surface area contributed by atoms with Crippen molar-refractivity contribution in [2.24, 2.45) is 11.5 Å². The number of pyridine rings is 1. The van der Waals surface area contributed by atoms with Crippen molar-refractivity contribution in [3.05, 3.63) is 48.2 Å². The molecular weight excluding hydrogens is 256 g/mol. The Kier molecular flexibility index (Phi) is 4.52. The number of hydrogen-bond acceptors (Lipinski definition) is 5. The molecule has 1 amide bonds. The molecule has 1 aromatic carbocycles. The van der Waals surface area contributed by atoms with Gasteiger partial charge in [-0.05, 0) is 36.4 Å². The summed E-state index contributed by atoms with van der Waals surface area (Å²) >= 11 is 0. The van der Waals surface area contributed by atoms with Crippen LogP contribution in [0.3, 0.4) is 0 Å². The summed E-state index contributed by atoms with van der Waals surface area (Å²) in [6, 6.07) is 10.7. The zero-order chi connectivity index (χ0) is 14.4. The maximum atomic E-state index is 10.9. The van der Waals surface area contributed by atoms with Crippen molar-refractivity contribution >= 4 is 17.4 Å². The number of primary amides is 1. The van der Waals surface area contributed by atoms with E-state index in [1.54, 1.807) is 12.1 Å². The van der Waals surface area contributed by atoms with Crippen LogP contribution in [0.25, 0.3) is 0 Å². The van der Waals surface area contributed by atoms with E-state index >= 15 is 0 Å². The second kappa shape index (κ2) is 6.53. The SMILES string of the molecule is NCCOc1ccc(Nc2ccc(C(N)=O)cn2)cc1. The van der Waals surface area contributed by atoms with Gasteiger partial charge in [0.2, 0.25) is 5.91 Å². The van der Waals surface area contributed by atoms with Crippen molar-refractivity contribution in [2.45, 2.75) is 0 Å². The lowest BCUT2D eigenvalue weighted by Gasteiger charge is -2.08. The van der Waals surface area contributed by atoms with E-state index in [-0.39, 0.29) is 0 Å². The number of ether oxygens (including phenoxy) is 1. The first-order chi connectivity index (χ1) is 9.69. The fourth-order valence-electron chi connectivity index (χ4n) is 1.57. The van der Waals surface area contributed by atoms with Gasteiger partial charge in [0.25, 0.3) is 0 Å². The van der Waals surface area contributed by atoms with Crippen LogP contribution in [0.5, 0.6) is 5.75 Å². The number of nitrogens with one attached hydrogen (secondary N) is 1. The molecule has 0 atom stereocenters. The highest BCUT2D eigenvalue weighted by molar-refractivity contribution is 5.92. The summed E-state index contributed by atoms with van der Waals surface area (Å²) in [5, 5.41) is 3.11. The Balaban J connectivity index is 2.00. The number of carbonyl (C=O) groups is 1. The number of rotatable bonds is 6. The van der Waals surface area contributed by atoms with Crippen LogP contribution in [-0.2, 0) is 0 Å². The number of aromatic nitrogens is 1. The Morgan fingerprint density at radius 1 is 1.20 bits per heavy atom. The van der Waals surface area contributed by atoms with Gasteiger partial charge in [-0.2, -0.15) is 0 Å². The average Bonchev–Trinajstić information content (AvgIpc) is 2.47. The average molecular weight is 272 g/mol. The molecule has 0 aliphatic heterocycles. The predicted octanol–water partition coefficient (Wildman–Crippen LogP) is 1.26. The molecule has 1 heterocycles. The minimum atomic E-state index is -0.495. The molecule has 0 spiro atoms. The predicted molar refractivity (Wildman–Crippen MR) is 77.0 cm³/mol. The summed E-state index contributed by atoms with van der Waals surface area (Å²) in [6.45, 7) is 0.971. The molecule has 0 bridgehead atoms. The summed E-state index contributed by atoms with van der Waals surface area (Å²) in [6.07, 6.45) is 1.43. The Bertz CT molecular complexity index is 567. The van der Waals surface area contributed by atoms with Gasteiger partial charge in [0, 0.05) is 18.4 Å². The summed E-state index contributed by atoms with van der Waals surface area (Å²) in [5.74, 6) is 0.897. The topological polar surface area (TPSA) is 103 Å². The fourth-order valence-corrected chi connectivity index (χ4v) is 1.57. The quantitative estimate of drug-likeness (QED) is 0.734. The van der Waals surface area contributed by atoms with Crippen LogP contribution in [0.1, 0.15) is 10.4 Å². The highest BCUT2D eigenvalue weighted by Gasteiger charge is 2.01. The van der Waals surface area contributed by atoms with Gasteiger partial charge in [-0.15, -0.1) is 0 Å². The van der Waals surface area contributed by atoms with E-state index in [1.165, 1.54) is 6.20 Å². The molecular formula is C14H16N4O2. The number of benzene rings is 1. The van der Waals surface area contributed by atoms with E-state index in [2.05, 4.69) is 10.3 Å². The van der Waals surface area contributed by atoms with Crippen molar-refractivity contribution in [2.75, 3.05) is 18.5 Å². The lowest BCUT2D eigenvalue weighted by molar-refractivity contribution is 0.1000. The molecule has 0 radical (unpaired) electrons. The Morgan fingerprint density at radius 2 is 1.95 bits per heavy atom. The van der Waals surface area contributed by atoms with Gasteiger partial charge in [-0.1, -0.05) is 0 Å². The van der Waals surface area contributed by atoms with E-state index in [4.69, 9.17) is 16.2 Å². The minimum Gasteiger partial charge on any atom is -0.492 e. The van der Waals surface area contributed by atoms with Crippen molar-refractivity contribution in [3.63, 3.8) is 0 Å². The van der Waals surface area contributed by atoms with Crippen LogP contribution in [-0.4, -0.2) is 24.0 Å². The van der Waals surface area contributed by atoms with Crippen molar-refractivity contribution in [1.29, 1.82) is 0 Å². The third-order valence-electron chi connectivity index (χ3n) is 2.56. The van der Waals surface area contributed by atoms with Gasteiger partial charge < -0.3 is 21.5 Å². The first-order valence-corrected chi connectivity index (χ1v) is 6.15. The monoisotopic (exact) mass is 272 g/mol. The lowest BCUT2D eigenvalue weighted by atomic mass is 10.2. The first-order valence-electron chi connectivity index (χ1n) is 6.15. The van der Waals surface area contributed by atoms with E-state index in [9.17, 15) is 4.79 Å². The van der Waals surface area contributed by atoms with Gasteiger partial charge >= 0.3 is 0 Å². The number of hydrogen-bond donors (Lipinski definition) is 3. The van der Waals surface area contributed by atoms with Crippen LogP contribution < -0.4 is 21.5 Å². The van der Waals surface area contributed by atoms with Crippen molar-refractivity contribution in [1.82, 2.24) is 4.98 Å². The molecule has 0 aliphatic carbocycles. The van der Waals surface area contributed by atoms with E-state index in [0.29, 0.717) is 24.5 Å². The summed E-state index contributed by atoms with van der Waals surface area (Å²) in [5.41, 5.74) is 11.8. The standard InChI is InChI=1S/C14H16N4O2/c15-7-8-20-12-4-2-11(3-5-12)18-13-6-1-10(9-17-13)14(16)19/h1-6,9H,7-8,15H2,(H2,16,19)(H,17,18). The summed E-state index contributed by atoms with van der Waals surface area (Å²) in [7, 11) is 0. The van der Waals surface area contributed by atoms with Gasteiger partial charge in [-0.3, -0.25) is 4.79 Å². The Morgan fingerprint density at radius 3 is 2.50 bits per heavy atom. The third-order valence-corrected chi connectivity index (χ3v) is 2.56. The van der Waals surface area contributed by atoms with Gasteiger partial charge in [0.05, 0.1) is 5.56 Å². The second-order valence-corrected chi connectivity index (χ2v) is 4.08. The Labute approximate surface area is 116 Å². The van der Waals surface area contributed by atoms with Gasteiger partial charge in [0.1, 0.15) is 18.2 Å². The van der Waals surface area contributed by atoms with E-state index in [0.717, 1.165) is 11.4 Å². The lowest BCUT2D eigenvalue weighted by Crippen LogP contribution is -2.11. The van der Waals surface area contributed by atoms with E-state index < -0.39 is 5.91 Å². The second-order valence-electron chi connectivity index (χ2n) is 4.08. The molecule has 0 saturated heterocycles. The molecule has 1 aromatic heterocycles. The van der Waals surface area contributed by atoms with Crippen LogP contribution in [0.2, 0.25) is 0 Å².